The standard InChI is InChI=1S/C14H15F3N4O3S/c1-21(13(23)19-12-20-18-8-25-12)6-9(22)7-24-11-5-3-2-4-10(11)14(15,16)17/h2-5,8-9,22H,6-7H2,1H3,(H,19,20,23). The van der Waals surface area contributed by atoms with Gasteiger partial charge >= 0.3 is 12.2 Å². The molecule has 7 nitrogen and oxygen atoms in total. The zero-order valence-corrected chi connectivity index (χ0v) is 13.8. The third kappa shape index (κ3) is 5.57. The van der Waals surface area contributed by atoms with Crippen LogP contribution in [0.2, 0.25) is 0 Å². The molecule has 0 spiro atoms. The molecule has 11 heteroatoms. The Morgan fingerprint density at radius 3 is 2.80 bits per heavy atom. The lowest BCUT2D eigenvalue weighted by Crippen LogP contribution is -2.39. The molecule has 0 aliphatic heterocycles. The second-order valence-electron chi connectivity index (χ2n) is 5.01. The Morgan fingerprint density at radius 1 is 1.44 bits per heavy atom. The number of rotatable bonds is 6. The number of nitrogens with one attached hydrogen (secondary N) is 1. The maximum atomic E-state index is 12.9. The Kier molecular flexibility index (Phi) is 6.15. The summed E-state index contributed by atoms with van der Waals surface area (Å²) >= 11 is 1.12. The Morgan fingerprint density at radius 2 is 2.16 bits per heavy atom. The number of ether oxygens (including phenoxy) is 1. The summed E-state index contributed by atoms with van der Waals surface area (Å²) in [5, 5.41) is 19.9. The molecule has 1 aromatic carbocycles. The van der Waals surface area contributed by atoms with E-state index in [9.17, 15) is 23.1 Å². The number of carbonyl (C=O) groups excluding carboxylic acids is 1. The minimum atomic E-state index is -4.56. The quantitative estimate of drug-likeness (QED) is 0.809. The third-order valence-corrected chi connectivity index (χ3v) is 3.64. The van der Waals surface area contributed by atoms with Crippen molar-refractivity contribution in [1.82, 2.24) is 15.1 Å². The molecule has 1 atom stereocenters. The van der Waals surface area contributed by atoms with E-state index >= 15 is 0 Å². The number of aliphatic hydroxyl groups excluding tert-OH is 1. The smallest absolute Gasteiger partial charge is 0.419 e. The minimum Gasteiger partial charge on any atom is -0.490 e. The number of benzene rings is 1. The number of aromatic nitrogens is 2. The molecule has 1 heterocycles. The summed E-state index contributed by atoms with van der Waals surface area (Å²) in [5.74, 6) is -0.380. The molecule has 136 valence electrons. The number of nitrogens with zero attached hydrogens (tertiary/aromatic N) is 3. The van der Waals surface area contributed by atoms with Crippen LogP contribution in [0.5, 0.6) is 5.75 Å². The Balaban J connectivity index is 1.86. The second-order valence-corrected chi connectivity index (χ2v) is 5.85. The lowest BCUT2D eigenvalue weighted by atomic mass is 10.2. The molecule has 0 fully saturated rings. The van der Waals surface area contributed by atoms with Crippen LogP contribution in [0.1, 0.15) is 5.56 Å². The molecular formula is C14H15F3N4O3S. The van der Waals surface area contributed by atoms with Gasteiger partial charge in [0.05, 0.1) is 12.1 Å². The van der Waals surface area contributed by atoms with E-state index in [1.165, 1.54) is 30.8 Å². The summed E-state index contributed by atoms with van der Waals surface area (Å²) in [5.41, 5.74) is 0.515. The normalized spacial score (nSPS) is 12.5. The van der Waals surface area contributed by atoms with E-state index in [2.05, 4.69) is 15.5 Å². The van der Waals surface area contributed by atoms with Gasteiger partial charge in [-0.1, -0.05) is 23.5 Å². The average molecular weight is 376 g/mol. The van der Waals surface area contributed by atoms with E-state index in [4.69, 9.17) is 4.74 Å². The summed E-state index contributed by atoms with van der Waals surface area (Å²) in [4.78, 5) is 13.0. The summed E-state index contributed by atoms with van der Waals surface area (Å²) in [6, 6.07) is 4.17. The first kappa shape index (κ1) is 18.9. The van der Waals surface area contributed by atoms with Crippen LogP contribution in [0.25, 0.3) is 0 Å². The van der Waals surface area contributed by atoms with E-state index < -0.39 is 30.5 Å². The number of hydrogen-bond acceptors (Lipinski definition) is 6. The number of para-hydroxylation sites is 1. The lowest BCUT2D eigenvalue weighted by Gasteiger charge is -2.21. The molecular weight excluding hydrogens is 361 g/mol. The molecule has 25 heavy (non-hydrogen) atoms. The molecule has 0 bridgehead atoms. The fraction of sp³-hybridized carbons (Fsp3) is 0.357. The predicted molar refractivity (Wildman–Crippen MR) is 84.5 cm³/mol. The summed E-state index contributed by atoms with van der Waals surface area (Å²) in [6.45, 7) is -0.539. The molecule has 2 amide bonds. The van der Waals surface area contributed by atoms with Crippen LogP contribution in [0, 0.1) is 0 Å². The van der Waals surface area contributed by atoms with Crippen molar-refractivity contribution in [3.05, 3.63) is 35.3 Å². The number of urea groups is 1. The zero-order chi connectivity index (χ0) is 18.4. The average Bonchev–Trinajstić information content (AvgIpc) is 3.05. The molecule has 0 saturated heterocycles. The first-order chi connectivity index (χ1) is 11.8. The van der Waals surface area contributed by atoms with Crippen LogP contribution in [0.15, 0.2) is 29.8 Å². The SMILES string of the molecule is CN(CC(O)COc1ccccc1C(F)(F)F)C(=O)Nc1nncs1. The van der Waals surface area contributed by atoms with E-state index in [0.29, 0.717) is 5.13 Å². The van der Waals surface area contributed by atoms with Gasteiger partial charge < -0.3 is 14.7 Å². The predicted octanol–water partition coefficient (Wildman–Crippen LogP) is 2.46. The van der Waals surface area contributed by atoms with Crippen molar-refractivity contribution in [1.29, 1.82) is 0 Å². The van der Waals surface area contributed by atoms with Crippen molar-refractivity contribution < 1.29 is 27.8 Å². The van der Waals surface area contributed by atoms with Crippen LogP contribution in [-0.4, -0.2) is 52.5 Å². The molecule has 2 N–H and O–H groups in total. The number of likely N-dealkylation sites (N-methyl/N-ethyl adjacent to an activating group) is 1. The maximum absolute atomic E-state index is 12.9. The molecule has 1 unspecified atom stereocenters. The van der Waals surface area contributed by atoms with Gasteiger partial charge in [-0.05, 0) is 12.1 Å². The molecule has 0 aliphatic rings. The largest absolute Gasteiger partial charge is 0.490 e. The van der Waals surface area contributed by atoms with Gasteiger partial charge in [0.15, 0.2) is 0 Å². The van der Waals surface area contributed by atoms with Gasteiger partial charge in [-0.3, -0.25) is 5.32 Å². The number of alkyl halides is 3. The third-order valence-electron chi connectivity index (χ3n) is 3.03. The fourth-order valence-electron chi connectivity index (χ4n) is 1.88. The monoisotopic (exact) mass is 376 g/mol. The Bertz CT molecular complexity index is 697. The lowest BCUT2D eigenvalue weighted by molar-refractivity contribution is -0.139. The van der Waals surface area contributed by atoms with Crippen LogP contribution in [-0.2, 0) is 6.18 Å². The minimum absolute atomic E-state index is 0.140. The molecule has 2 rings (SSSR count). The van der Waals surface area contributed by atoms with Gasteiger partial charge in [0, 0.05) is 7.05 Å². The number of aliphatic hydroxyl groups is 1. The van der Waals surface area contributed by atoms with Gasteiger partial charge in [0.1, 0.15) is 24.0 Å². The van der Waals surface area contributed by atoms with Gasteiger partial charge in [-0.2, -0.15) is 13.2 Å². The van der Waals surface area contributed by atoms with Gasteiger partial charge in [0.2, 0.25) is 5.13 Å². The van der Waals surface area contributed by atoms with E-state index in [-0.39, 0.29) is 12.3 Å². The number of anilines is 1. The molecule has 0 radical (unpaired) electrons. The summed E-state index contributed by atoms with van der Waals surface area (Å²) in [6.07, 6.45) is -5.73. The number of amides is 2. The van der Waals surface area contributed by atoms with Gasteiger partial charge in [-0.25, -0.2) is 4.79 Å². The van der Waals surface area contributed by atoms with Crippen molar-refractivity contribution >= 4 is 22.5 Å². The van der Waals surface area contributed by atoms with Crippen LogP contribution in [0.4, 0.5) is 23.1 Å². The summed E-state index contributed by atoms with van der Waals surface area (Å²) in [7, 11) is 1.42. The van der Waals surface area contributed by atoms with E-state index in [1.54, 1.807) is 0 Å². The van der Waals surface area contributed by atoms with E-state index in [0.717, 1.165) is 22.3 Å². The summed E-state index contributed by atoms with van der Waals surface area (Å²) < 4.78 is 43.6. The van der Waals surface area contributed by atoms with E-state index in [1.807, 2.05) is 0 Å². The molecule has 0 aliphatic carbocycles. The maximum Gasteiger partial charge on any atom is 0.419 e. The van der Waals surface area contributed by atoms with Crippen LogP contribution < -0.4 is 10.1 Å². The molecule has 2 aromatic rings. The number of carbonyl (C=O) groups is 1. The number of halogens is 3. The zero-order valence-electron chi connectivity index (χ0n) is 13.0. The highest BCUT2D eigenvalue weighted by atomic mass is 32.1. The van der Waals surface area contributed by atoms with Crippen molar-refractivity contribution in [2.75, 3.05) is 25.5 Å². The van der Waals surface area contributed by atoms with Crippen LogP contribution >= 0.6 is 11.3 Å². The van der Waals surface area contributed by atoms with Crippen molar-refractivity contribution in [2.45, 2.75) is 12.3 Å². The highest BCUT2D eigenvalue weighted by Gasteiger charge is 2.34. The fourth-order valence-corrected chi connectivity index (χ4v) is 2.31. The van der Waals surface area contributed by atoms with Gasteiger partial charge in [-0.15, -0.1) is 10.2 Å². The van der Waals surface area contributed by atoms with Crippen molar-refractivity contribution in [3.8, 4) is 5.75 Å². The Hall–Kier alpha value is -2.40. The van der Waals surface area contributed by atoms with Crippen LogP contribution in [0.3, 0.4) is 0 Å². The van der Waals surface area contributed by atoms with Gasteiger partial charge in [0.25, 0.3) is 0 Å². The van der Waals surface area contributed by atoms with Crippen molar-refractivity contribution in [3.63, 3.8) is 0 Å². The van der Waals surface area contributed by atoms with Crippen molar-refractivity contribution in [2.24, 2.45) is 0 Å². The highest BCUT2D eigenvalue weighted by Crippen LogP contribution is 2.35. The second kappa shape index (κ2) is 8.12. The first-order valence-electron chi connectivity index (χ1n) is 7.02. The highest BCUT2D eigenvalue weighted by molar-refractivity contribution is 7.13. The number of hydrogen-bond donors (Lipinski definition) is 2. The topological polar surface area (TPSA) is 87.6 Å². The molecule has 0 saturated carbocycles. The first-order valence-corrected chi connectivity index (χ1v) is 7.90. The Labute approximate surface area is 145 Å². The molecule has 1 aromatic heterocycles.